The van der Waals surface area contributed by atoms with Gasteiger partial charge in [0, 0.05) is 17.1 Å². The number of anilines is 2. The predicted octanol–water partition coefficient (Wildman–Crippen LogP) is 3.85. The third-order valence-corrected chi connectivity index (χ3v) is 7.35. The van der Waals surface area contributed by atoms with Crippen molar-refractivity contribution in [1.29, 1.82) is 0 Å². The van der Waals surface area contributed by atoms with Crippen molar-refractivity contribution in [1.82, 2.24) is 0 Å². The van der Waals surface area contributed by atoms with Gasteiger partial charge in [0.25, 0.3) is 15.9 Å². The molecule has 1 heterocycles. The Labute approximate surface area is 199 Å². The molecule has 0 unspecified atom stereocenters. The average molecular weight is 500 g/mol. The summed E-state index contributed by atoms with van der Waals surface area (Å²) in [6, 6.07) is 14.6. The molecule has 4 rings (SSSR count). The van der Waals surface area contributed by atoms with E-state index in [2.05, 4.69) is 10.5 Å². The van der Waals surface area contributed by atoms with Gasteiger partial charge in [-0.25, -0.2) is 13.2 Å². The van der Waals surface area contributed by atoms with Gasteiger partial charge >= 0.3 is 5.97 Å². The van der Waals surface area contributed by atoms with Crippen LogP contribution >= 0.6 is 11.6 Å². The van der Waals surface area contributed by atoms with Gasteiger partial charge in [0.1, 0.15) is 0 Å². The Balaban J connectivity index is 1.62. The molecular formula is C23H18ClN3O6S. The minimum absolute atomic E-state index is 0.00574. The first kappa shape index (κ1) is 23.3. The molecule has 0 radical (unpaired) electrons. The highest BCUT2D eigenvalue weighted by Gasteiger charge is 2.31. The Morgan fingerprint density at radius 2 is 1.88 bits per heavy atom. The summed E-state index contributed by atoms with van der Waals surface area (Å²) >= 11 is 6.01. The van der Waals surface area contributed by atoms with Crippen LogP contribution in [-0.2, 0) is 16.4 Å². The van der Waals surface area contributed by atoms with Gasteiger partial charge in [-0.15, -0.1) is 0 Å². The number of carbonyl (C=O) groups is 2. The number of hydrogen-bond donors (Lipinski definition) is 3. The lowest BCUT2D eigenvalue weighted by atomic mass is 10.1. The van der Waals surface area contributed by atoms with E-state index in [0.717, 1.165) is 11.8 Å². The number of aromatic carboxylic acids is 1. The molecule has 0 aliphatic carbocycles. The lowest BCUT2D eigenvalue weighted by Gasteiger charge is -2.20. The van der Waals surface area contributed by atoms with E-state index in [1.54, 1.807) is 18.2 Å². The summed E-state index contributed by atoms with van der Waals surface area (Å²) in [7, 11) is -3.95. The molecule has 1 amide bonds. The summed E-state index contributed by atoms with van der Waals surface area (Å²) in [6.45, 7) is 0.250. The van der Waals surface area contributed by atoms with Crippen molar-refractivity contribution in [3.05, 3.63) is 87.9 Å². The van der Waals surface area contributed by atoms with Crippen LogP contribution < -0.4 is 9.62 Å². The molecule has 0 saturated carbocycles. The Morgan fingerprint density at radius 3 is 2.62 bits per heavy atom. The summed E-state index contributed by atoms with van der Waals surface area (Å²) in [5, 5.41) is 24.0. The van der Waals surface area contributed by atoms with Crippen LogP contribution in [0.1, 0.15) is 31.8 Å². The van der Waals surface area contributed by atoms with E-state index in [-0.39, 0.29) is 28.3 Å². The van der Waals surface area contributed by atoms with Crippen LogP contribution in [0.5, 0.6) is 0 Å². The molecule has 34 heavy (non-hydrogen) atoms. The molecule has 9 nitrogen and oxygen atoms in total. The van der Waals surface area contributed by atoms with Gasteiger partial charge < -0.3 is 15.6 Å². The van der Waals surface area contributed by atoms with Crippen LogP contribution in [0.25, 0.3) is 0 Å². The van der Waals surface area contributed by atoms with E-state index in [9.17, 15) is 23.1 Å². The minimum atomic E-state index is -3.95. The minimum Gasteiger partial charge on any atom is -0.478 e. The van der Waals surface area contributed by atoms with Gasteiger partial charge in [-0.05, 0) is 66.1 Å². The summed E-state index contributed by atoms with van der Waals surface area (Å²) in [5.41, 5.74) is 1.50. The first-order valence-electron chi connectivity index (χ1n) is 9.98. The van der Waals surface area contributed by atoms with Gasteiger partial charge in [-0.1, -0.05) is 28.9 Å². The van der Waals surface area contributed by atoms with Crippen LogP contribution in [-0.4, -0.2) is 43.4 Å². The number of amides is 1. The zero-order chi connectivity index (χ0) is 24.5. The highest BCUT2D eigenvalue weighted by Crippen LogP contribution is 2.34. The maximum absolute atomic E-state index is 13.3. The maximum atomic E-state index is 13.3. The highest BCUT2D eigenvalue weighted by atomic mass is 35.5. The molecule has 0 spiro atoms. The van der Waals surface area contributed by atoms with E-state index in [1.807, 2.05) is 0 Å². The highest BCUT2D eigenvalue weighted by molar-refractivity contribution is 7.92. The van der Waals surface area contributed by atoms with Crippen LogP contribution in [0.15, 0.2) is 70.7 Å². The SMILES string of the molecule is O=C(Nc1ccc(/C=N/O)cc1C(=O)O)c1cccc(S(=O)(=O)N2CCc3cc(Cl)ccc32)c1. The van der Waals surface area contributed by atoms with Crippen molar-refractivity contribution in [2.24, 2.45) is 5.16 Å². The number of hydrogen-bond acceptors (Lipinski definition) is 6. The predicted molar refractivity (Wildman–Crippen MR) is 127 cm³/mol. The number of carbonyl (C=O) groups excluding carboxylic acids is 1. The average Bonchev–Trinajstić information content (AvgIpc) is 3.24. The molecule has 3 aromatic carbocycles. The summed E-state index contributed by atoms with van der Waals surface area (Å²) in [6.07, 6.45) is 1.57. The lowest BCUT2D eigenvalue weighted by Crippen LogP contribution is -2.29. The molecule has 0 saturated heterocycles. The Kier molecular flexibility index (Phi) is 6.27. The second-order valence-electron chi connectivity index (χ2n) is 7.44. The monoisotopic (exact) mass is 499 g/mol. The molecule has 174 valence electrons. The van der Waals surface area contributed by atoms with Crippen LogP contribution in [0, 0.1) is 0 Å². The molecule has 0 bridgehead atoms. The third-order valence-electron chi connectivity index (χ3n) is 5.31. The summed E-state index contributed by atoms with van der Waals surface area (Å²) < 4.78 is 27.9. The number of carboxylic acids is 1. The topological polar surface area (TPSA) is 136 Å². The standard InChI is InChI=1S/C23H18ClN3O6S/c24-17-5-7-21-15(11-17)8-9-27(21)34(32,33)18-3-1-2-16(12-18)22(28)26-20-6-4-14(13-25-31)10-19(20)23(29)30/h1-7,10-13,31H,8-9H2,(H,26,28)(H,29,30)/b25-13+. The molecule has 3 aromatic rings. The number of benzene rings is 3. The number of rotatable bonds is 6. The largest absolute Gasteiger partial charge is 0.478 e. The van der Waals surface area contributed by atoms with E-state index < -0.39 is 21.9 Å². The number of fused-ring (bicyclic) bond motifs is 1. The van der Waals surface area contributed by atoms with Crippen molar-refractivity contribution in [2.45, 2.75) is 11.3 Å². The normalized spacial score (nSPS) is 13.1. The van der Waals surface area contributed by atoms with Crippen LogP contribution in [0.3, 0.4) is 0 Å². The van der Waals surface area contributed by atoms with Gasteiger partial charge in [0.2, 0.25) is 0 Å². The number of nitrogens with zero attached hydrogens (tertiary/aromatic N) is 2. The van der Waals surface area contributed by atoms with Crippen molar-refractivity contribution < 1.29 is 28.3 Å². The van der Waals surface area contributed by atoms with Gasteiger partial charge in [-0.2, -0.15) is 0 Å². The number of oxime groups is 1. The summed E-state index contributed by atoms with van der Waals surface area (Å²) in [5.74, 6) is -1.98. The first-order valence-corrected chi connectivity index (χ1v) is 11.8. The number of sulfonamides is 1. The molecular weight excluding hydrogens is 482 g/mol. The fourth-order valence-corrected chi connectivity index (χ4v) is 5.45. The van der Waals surface area contributed by atoms with Crippen LogP contribution in [0.2, 0.25) is 5.02 Å². The molecule has 0 aromatic heterocycles. The Morgan fingerprint density at radius 1 is 1.09 bits per heavy atom. The second kappa shape index (κ2) is 9.16. The van der Waals surface area contributed by atoms with E-state index in [1.165, 1.54) is 46.8 Å². The van der Waals surface area contributed by atoms with Gasteiger partial charge in [-0.3, -0.25) is 9.10 Å². The van der Waals surface area contributed by atoms with Gasteiger partial charge in [0.05, 0.1) is 28.0 Å². The van der Waals surface area contributed by atoms with Crippen molar-refractivity contribution in [2.75, 3.05) is 16.2 Å². The third kappa shape index (κ3) is 4.45. The Hall–Kier alpha value is -3.89. The Bertz CT molecular complexity index is 1440. The van der Waals surface area contributed by atoms with Gasteiger partial charge in [0.15, 0.2) is 0 Å². The number of halogens is 1. The molecule has 0 fully saturated rings. The van der Waals surface area contributed by atoms with Crippen LogP contribution in [0.4, 0.5) is 11.4 Å². The van der Waals surface area contributed by atoms with Crippen molar-refractivity contribution >= 4 is 51.1 Å². The molecule has 1 aliphatic rings. The number of carboxylic acid groups (broad SMARTS) is 1. The van der Waals surface area contributed by atoms with E-state index >= 15 is 0 Å². The van der Waals surface area contributed by atoms with E-state index in [4.69, 9.17) is 16.8 Å². The quantitative estimate of drug-likeness (QED) is 0.268. The van der Waals surface area contributed by atoms with Crippen molar-refractivity contribution in [3.8, 4) is 0 Å². The lowest BCUT2D eigenvalue weighted by molar-refractivity contribution is 0.0698. The fraction of sp³-hybridized carbons (Fsp3) is 0.0870. The maximum Gasteiger partial charge on any atom is 0.337 e. The smallest absolute Gasteiger partial charge is 0.337 e. The first-order chi connectivity index (χ1) is 16.2. The molecule has 1 aliphatic heterocycles. The van der Waals surface area contributed by atoms with Crippen molar-refractivity contribution in [3.63, 3.8) is 0 Å². The molecule has 11 heteroatoms. The fourth-order valence-electron chi connectivity index (χ4n) is 3.70. The zero-order valence-electron chi connectivity index (χ0n) is 17.5. The molecule has 0 atom stereocenters. The molecule has 3 N–H and O–H groups in total. The summed E-state index contributed by atoms with van der Waals surface area (Å²) in [4.78, 5) is 24.4. The van der Waals surface area contributed by atoms with E-state index in [0.29, 0.717) is 22.7 Å². The second-order valence-corrected chi connectivity index (χ2v) is 9.74. The number of nitrogens with one attached hydrogen (secondary N) is 1. The zero-order valence-corrected chi connectivity index (χ0v) is 19.0.